The molecule has 5 heteroatoms. The van der Waals surface area contributed by atoms with Gasteiger partial charge in [0.1, 0.15) is 0 Å². The van der Waals surface area contributed by atoms with Gasteiger partial charge in [0.15, 0.2) is 0 Å². The number of nitrogens with zero attached hydrogens (tertiary/aromatic N) is 2. The fourth-order valence-corrected chi connectivity index (χ4v) is 2.49. The molecule has 1 aromatic carbocycles. The lowest BCUT2D eigenvalue weighted by atomic mass is 10.1. The van der Waals surface area contributed by atoms with Gasteiger partial charge in [-0.05, 0) is 25.0 Å². The largest absolute Gasteiger partial charge is 0.361 e. The third-order valence-electron chi connectivity index (χ3n) is 3.65. The van der Waals surface area contributed by atoms with E-state index in [4.69, 9.17) is 0 Å². The second kappa shape index (κ2) is 4.92. The fourth-order valence-electron chi connectivity index (χ4n) is 2.49. The Hall–Kier alpha value is -2.43. The Bertz CT molecular complexity index is 643. The summed E-state index contributed by atoms with van der Waals surface area (Å²) in [5, 5.41) is 14.3. The van der Waals surface area contributed by atoms with Crippen molar-refractivity contribution < 1.29 is 4.92 Å². The van der Waals surface area contributed by atoms with Crippen LogP contribution in [-0.4, -0.2) is 15.9 Å². The number of hydrogen-bond donors (Lipinski definition) is 1. The van der Waals surface area contributed by atoms with Gasteiger partial charge < -0.3 is 5.32 Å². The maximum absolute atomic E-state index is 11.1. The van der Waals surface area contributed by atoms with Gasteiger partial charge in [0.25, 0.3) is 0 Å². The lowest BCUT2D eigenvalue weighted by molar-refractivity contribution is -0.384. The number of anilines is 1. The zero-order chi connectivity index (χ0) is 14.1. The summed E-state index contributed by atoms with van der Waals surface area (Å²) < 4.78 is 0. The van der Waals surface area contributed by atoms with Crippen molar-refractivity contribution in [2.75, 3.05) is 5.32 Å². The first-order chi connectivity index (χ1) is 9.66. The second-order valence-electron chi connectivity index (χ2n) is 5.09. The number of benzene rings is 1. The first kappa shape index (κ1) is 12.6. The molecule has 0 spiro atoms. The topological polar surface area (TPSA) is 68.1 Å². The highest BCUT2D eigenvalue weighted by Gasteiger charge is 2.39. The van der Waals surface area contributed by atoms with Crippen LogP contribution in [0.5, 0.6) is 0 Å². The molecule has 1 N–H and O–H groups in total. The van der Waals surface area contributed by atoms with Crippen LogP contribution in [0.4, 0.5) is 11.5 Å². The molecule has 20 heavy (non-hydrogen) atoms. The summed E-state index contributed by atoms with van der Waals surface area (Å²) in [6, 6.07) is 12.1. The quantitative estimate of drug-likeness (QED) is 0.683. The minimum Gasteiger partial charge on any atom is -0.361 e. The summed E-state index contributed by atoms with van der Waals surface area (Å²) in [4.78, 5) is 14.9. The van der Waals surface area contributed by atoms with Gasteiger partial charge in [0, 0.05) is 23.7 Å². The molecule has 0 radical (unpaired) electrons. The molecule has 1 heterocycles. The van der Waals surface area contributed by atoms with E-state index < -0.39 is 0 Å². The third-order valence-corrected chi connectivity index (χ3v) is 3.65. The number of nitrogens with one attached hydrogen (secondary N) is 1. The Balaban J connectivity index is 1.78. The van der Waals surface area contributed by atoms with Crippen molar-refractivity contribution >= 4 is 11.5 Å². The summed E-state index contributed by atoms with van der Waals surface area (Å²) in [6.07, 6.45) is 2.58. The molecule has 1 aliphatic carbocycles. The molecule has 102 valence electrons. The van der Waals surface area contributed by atoms with Crippen molar-refractivity contribution in [3.63, 3.8) is 0 Å². The van der Waals surface area contributed by atoms with Gasteiger partial charge in [-0.15, -0.1) is 0 Å². The van der Waals surface area contributed by atoms with E-state index in [0.717, 1.165) is 6.42 Å². The van der Waals surface area contributed by atoms with E-state index in [-0.39, 0.29) is 16.7 Å². The molecule has 0 aliphatic heterocycles. The molecule has 2 atom stereocenters. The number of rotatable bonds is 4. The monoisotopic (exact) mass is 269 g/mol. The molecule has 3 rings (SSSR count). The van der Waals surface area contributed by atoms with Gasteiger partial charge in [-0.2, -0.15) is 0 Å². The molecule has 0 amide bonds. The van der Waals surface area contributed by atoms with Gasteiger partial charge in [0.2, 0.25) is 5.82 Å². The summed E-state index contributed by atoms with van der Waals surface area (Å²) in [7, 11) is 0. The number of nitro groups is 1. The van der Waals surface area contributed by atoms with Crippen molar-refractivity contribution in [2.24, 2.45) is 0 Å². The normalized spacial score (nSPS) is 20.4. The van der Waals surface area contributed by atoms with Crippen molar-refractivity contribution in [3.05, 3.63) is 63.8 Å². The van der Waals surface area contributed by atoms with E-state index in [1.807, 2.05) is 18.2 Å². The minimum atomic E-state index is -0.370. The molecule has 2 aromatic rings. The summed E-state index contributed by atoms with van der Waals surface area (Å²) in [5.74, 6) is 0.788. The molecular formula is C15H15N3O2. The number of aryl methyl sites for hydroxylation is 1. The fraction of sp³-hybridized carbons (Fsp3) is 0.267. The zero-order valence-electron chi connectivity index (χ0n) is 11.1. The molecular weight excluding hydrogens is 254 g/mol. The number of hydrogen-bond acceptors (Lipinski definition) is 4. The van der Waals surface area contributed by atoms with E-state index in [0.29, 0.717) is 17.3 Å². The van der Waals surface area contributed by atoms with Crippen LogP contribution in [0.2, 0.25) is 0 Å². The van der Waals surface area contributed by atoms with Crippen molar-refractivity contribution in [3.8, 4) is 0 Å². The number of pyridine rings is 1. The molecule has 1 fully saturated rings. The first-order valence-electron chi connectivity index (χ1n) is 6.58. The smallest absolute Gasteiger partial charge is 0.314 e. The molecule has 0 bridgehead atoms. The van der Waals surface area contributed by atoms with Gasteiger partial charge >= 0.3 is 5.69 Å². The average Bonchev–Trinajstić information content (AvgIpc) is 3.18. The highest BCUT2D eigenvalue weighted by molar-refractivity contribution is 5.61. The van der Waals surface area contributed by atoms with Crippen LogP contribution < -0.4 is 5.32 Å². The van der Waals surface area contributed by atoms with E-state index in [2.05, 4.69) is 22.4 Å². The molecule has 1 saturated carbocycles. The predicted octanol–water partition coefficient (Wildman–Crippen LogP) is 3.27. The van der Waals surface area contributed by atoms with Crippen molar-refractivity contribution in [1.82, 2.24) is 4.98 Å². The molecule has 2 unspecified atom stereocenters. The standard InChI is InChI=1S/C15H15N3O2/c1-10-7-8-16-15(14(10)18(19)20)17-13-9-12(13)11-5-3-2-4-6-11/h2-8,12-13H,9H2,1H3,(H,16,17). The van der Waals surface area contributed by atoms with Crippen LogP contribution in [0.3, 0.4) is 0 Å². The maximum Gasteiger partial charge on any atom is 0.314 e. The Morgan fingerprint density at radius 3 is 2.75 bits per heavy atom. The average molecular weight is 269 g/mol. The molecule has 1 aromatic heterocycles. The lowest BCUT2D eigenvalue weighted by Gasteiger charge is -2.07. The Kier molecular flexibility index (Phi) is 3.10. The second-order valence-corrected chi connectivity index (χ2v) is 5.09. The summed E-state index contributed by atoms with van der Waals surface area (Å²) in [6.45, 7) is 1.73. The van der Waals surface area contributed by atoms with Crippen LogP contribution in [0.25, 0.3) is 0 Å². The van der Waals surface area contributed by atoms with Crippen LogP contribution in [0.15, 0.2) is 42.6 Å². The lowest BCUT2D eigenvalue weighted by Crippen LogP contribution is -2.09. The van der Waals surface area contributed by atoms with Crippen LogP contribution in [-0.2, 0) is 0 Å². The minimum absolute atomic E-state index is 0.0752. The van der Waals surface area contributed by atoms with E-state index >= 15 is 0 Å². The summed E-state index contributed by atoms with van der Waals surface area (Å²) in [5.41, 5.74) is 1.97. The molecule has 1 aliphatic rings. The van der Waals surface area contributed by atoms with Gasteiger partial charge in [-0.1, -0.05) is 30.3 Å². The predicted molar refractivity (Wildman–Crippen MR) is 76.8 cm³/mol. The molecule has 0 saturated heterocycles. The Morgan fingerprint density at radius 2 is 2.05 bits per heavy atom. The van der Waals surface area contributed by atoms with Gasteiger partial charge in [-0.25, -0.2) is 4.98 Å². The summed E-state index contributed by atoms with van der Waals surface area (Å²) >= 11 is 0. The third kappa shape index (κ3) is 2.34. The highest BCUT2D eigenvalue weighted by atomic mass is 16.6. The Labute approximate surface area is 116 Å². The van der Waals surface area contributed by atoms with Gasteiger partial charge in [-0.3, -0.25) is 10.1 Å². The van der Waals surface area contributed by atoms with Crippen LogP contribution in [0, 0.1) is 17.0 Å². The van der Waals surface area contributed by atoms with E-state index in [1.165, 1.54) is 5.56 Å². The van der Waals surface area contributed by atoms with Crippen LogP contribution in [0.1, 0.15) is 23.5 Å². The maximum atomic E-state index is 11.1. The van der Waals surface area contributed by atoms with Crippen LogP contribution >= 0.6 is 0 Å². The molecule has 5 nitrogen and oxygen atoms in total. The van der Waals surface area contributed by atoms with E-state index in [9.17, 15) is 10.1 Å². The van der Waals surface area contributed by atoms with Crippen molar-refractivity contribution in [2.45, 2.75) is 25.3 Å². The SMILES string of the molecule is Cc1ccnc(NC2CC2c2ccccc2)c1[N+](=O)[O-]. The number of aromatic nitrogens is 1. The zero-order valence-corrected chi connectivity index (χ0v) is 11.1. The van der Waals surface area contributed by atoms with Crippen molar-refractivity contribution in [1.29, 1.82) is 0 Å². The Morgan fingerprint density at radius 1 is 1.30 bits per heavy atom. The highest BCUT2D eigenvalue weighted by Crippen LogP contribution is 2.43. The first-order valence-corrected chi connectivity index (χ1v) is 6.58. The van der Waals surface area contributed by atoms with Gasteiger partial charge in [0.05, 0.1) is 4.92 Å². The van der Waals surface area contributed by atoms with E-state index in [1.54, 1.807) is 19.2 Å².